The lowest BCUT2D eigenvalue weighted by Gasteiger charge is -2.25. The number of carbonyl (C=O) groups excluding carboxylic acids is 1. The van der Waals surface area contributed by atoms with E-state index in [0.717, 1.165) is 50.8 Å². The van der Waals surface area contributed by atoms with E-state index in [1.807, 2.05) is 12.1 Å². The van der Waals surface area contributed by atoms with Gasteiger partial charge in [-0.2, -0.15) is 4.31 Å². The lowest BCUT2D eigenvalue weighted by molar-refractivity contribution is -0.121. The Bertz CT molecular complexity index is 697. The molecule has 2 aliphatic heterocycles. The van der Waals surface area contributed by atoms with Gasteiger partial charge >= 0.3 is 0 Å². The summed E-state index contributed by atoms with van der Waals surface area (Å²) in [6.07, 6.45) is 5.99. The van der Waals surface area contributed by atoms with Gasteiger partial charge in [0.15, 0.2) is 0 Å². The van der Waals surface area contributed by atoms with Crippen molar-refractivity contribution < 1.29 is 13.2 Å². The van der Waals surface area contributed by atoms with Crippen molar-refractivity contribution in [1.82, 2.24) is 14.9 Å². The topological polar surface area (TPSA) is 78.5 Å². The highest BCUT2D eigenvalue weighted by Gasteiger charge is 2.25. The number of rotatable bonds is 6. The van der Waals surface area contributed by atoms with Crippen molar-refractivity contribution >= 4 is 28.3 Å². The Morgan fingerprint density at radius 2 is 1.70 bits per heavy atom. The van der Waals surface area contributed by atoms with Crippen LogP contribution in [0.1, 0.15) is 44.1 Å². The van der Waals surface area contributed by atoms with Crippen LogP contribution in [0.15, 0.2) is 29.2 Å². The van der Waals surface area contributed by atoms with Crippen molar-refractivity contribution in [3.8, 4) is 0 Å². The summed E-state index contributed by atoms with van der Waals surface area (Å²) in [6, 6.07) is 7.28. The van der Waals surface area contributed by atoms with Crippen molar-refractivity contribution in [2.45, 2.75) is 55.9 Å². The Balaban J connectivity index is 0.00000261. The van der Waals surface area contributed by atoms with Crippen LogP contribution < -0.4 is 10.6 Å². The molecule has 0 radical (unpaired) electrons. The van der Waals surface area contributed by atoms with Crippen molar-refractivity contribution in [1.29, 1.82) is 0 Å². The number of nitrogens with one attached hydrogen (secondary N) is 2. The van der Waals surface area contributed by atoms with Gasteiger partial charge in [-0.3, -0.25) is 4.79 Å². The summed E-state index contributed by atoms with van der Waals surface area (Å²) < 4.78 is 26.9. The van der Waals surface area contributed by atoms with Crippen LogP contribution in [-0.4, -0.2) is 50.9 Å². The predicted octanol–water partition coefficient (Wildman–Crippen LogP) is 2.08. The van der Waals surface area contributed by atoms with Crippen molar-refractivity contribution in [2.75, 3.05) is 26.2 Å². The van der Waals surface area contributed by atoms with Gasteiger partial charge in [-0.25, -0.2) is 8.42 Å². The minimum Gasteiger partial charge on any atom is -0.353 e. The van der Waals surface area contributed by atoms with Crippen molar-refractivity contribution in [3.63, 3.8) is 0 Å². The molecule has 2 fully saturated rings. The SMILES string of the molecule is Cl.O=C(CCc1ccc(S(=O)(=O)N2CCCCC2)cc1)NC1CCNCC1. The smallest absolute Gasteiger partial charge is 0.243 e. The first-order chi connectivity index (χ1) is 12.6. The number of halogens is 1. The maximum atomic E-state index is 12.6. The highest BCUT2D eigenvalue weighted by atomic mass is 35.5. The van der Waals surface area contributed by atoms with Crippen LogP contribution in [0.5, 0.6) is 0 Å². The van der Waals surface area contributed by atoms with Gasteiger partial charge < -0.3 is 10.6 Å². The summed E-state index contributed by atoms with van der Waals surface area (Å²) in [5, 5.41) is 6.37. The molecule has 2 heterocycles. The molecule has 152 valence electrons. The predicted molar refractivity (Wildman–Crippen MR) is 109 cm³/mol. The molecule has 2 N–H and O–H groups in total. The molecule has 0 saturated carbocycles. The highest BCUT2D eigenvalue weighted by Crippen LogP contribution is 2.21. The second-order valence-electron chi connectivity index (χ2n) is 7.20. The fraction of sp³-hybridized carbons (Fsp3) is 0.632. The van der Waals surface area contributed by atoms with Gasteiger partial charge in [-0.1, -0.05) is 18.6 Å². The standard InChI is InChI=1S/C19H29N3O3S.ClH/c23-19(21-17-10-12-20-13-11-17)9-6-16-4-7-18(8-5-16)26(24,25)22-14-2-1-3-15-22;/h4-5,7-8,17,20H,1-3,6,9-15H2,(H,21,23);1H. The molecule has 1 aromatic carbocycles. The maximum Gasteiger partial charge on any atom is 0.243 e. The summed E-state index contributed by atoms with van der Waals surface area (Å²) in [4.78, 5) is 12.4. The zero-order valence-electron chi connectivity index (χ0n) is 15.7. The van der Waals surface area contributed by atoms with Gasteiger partial charge in [-0.05, 0) is 62.9 Å². The largest absolute Gasteiger partial charge is 0.353 e. The van der Waals surface area contributed by atoms with Gasteiger partial charge in [-0.15, -0.1) is 12.4 Å². The molecule has 1 aromatic rings. The van der Waals surface area contributed by atoms with E-state index < -0.39 is 10.0 Å². The third-order valence-electron chi connectivity index (χ3n) is 5.22. The molecule has 0 bridgehead atoms. The van der Waals surface area contributed by atoms with E-state index in [0.29, 0.717) is 30.8 Å². The van der Waals surface area contributed by atoms with Gasteiger partial charge in [0, 0.05) is 25.6 Å². The molecule has 0 aromatic heterocycles. The summed E-state index contributed by atoms with van der Waals surface area (Å²) >= 11 is 0. The molecule has 0 spiro atoms. The highest BCUT2D eigenvalue weighted by molar-refractivity contribution is 7.89. The minimum absolute atomic E-state index is 0. The molecule has 6 nitrogen and oxygen atoms in total. The summed E-state index contributed by atoms with van der Waals surface area (Å²) in [6.45, 7) is 3.14. The zero-order valence-corrected chi connectivity index (χ0v) is 17.3. The average Bonchev–Trinajstić information content (AvgIpc) is 2.68. The van der Waals surface area contributed by atoms with E-state index >= 15 is 0 Å². The van der Waals surface area contributed by atoms with Gasteiger partial charge in [0.2, 0.25) is 15.9 Å². The normalized spacial score (nSPS) is 19.3. The molecular formula is C19H30ClN3O3S. The van der Waals surface area contributed by atoms with E-state index in [1.54, 1.807) is 16.4 Å². The fourth-order valence-corrected chi connectivity index (χ4v) is 5.12. The molecule has 3 rings (SSSR count). The van der Waals surface area contributed by atoms with E-state index in [1.165, 1.54) is 0 Å². The molecule has 8 heteroatoms. The second kappa shape index (κ2) is 10.4. The van der Waals surface area contributed by atoms with E-state index in [-0.39, 0.29) is 24.4 Å². The molecule has 0 aliphatic carbocycles. The molecule has 27 heavy (non-hydrogen) atoms. The molecular weight excluding hydrogens is 386 g/mol. The van der Waals surface area contributed by atoms with Crippen LogP contribution in [0.3, 0.4) is 0 Å². The number of benzene rings is 1. The monoisotopic (exact) mass is 415 g/mol. The molecule has 0 unspecified atom stereocenters. The van der Waals surface area contributed by atoms with E-state index in [2.05, 4.69) is 10.6 Å². The van der Waals surface area contributed by atoms with Crippen molar-refractivity contribution in [3.05, 3.63) is 29.8 Å². The second-order valence-corrected chi connectivity index (χ2v) is 9.14. The molecule has 0 atom stereocenters. The number of amides is 1. The van der Waals surface area contributed by atoms with Crippen LogP contribution in [-0.2, 0) is 21.2 Å². The number of carbonyl (C=O) groups is 1. The van der Waals surface area contributed by atoms with Crippen LogP contribution in [0.2, 0.25) is 0 Å². The quantitative estimate of drug-likeness (QED) is 0.745. The Morgan fingerprint density at radius 1 is 1.07 bits per heavy atom. The molecule has 2 saturated heterocycles. The Hall–Kier alpha value is -1.15. The lowest BCUT2D eigenvalue weighted by atomic mass is 10.1. The van der Waals surface area contributed by atoms with Crippen LogP contribution in [0, 0.1) is 0 Å². The number of sulfonamides is 1. The first kappa shape index (κ1) is 22.1. The van der Waals surface area contributed by atoms with Gasteiger partial charge in [0.05, 0.1) is 4.90 Å². The first-order valence-electron chi connectivity index (χ1n) is 9.65. The van der Waals surface area contributed by atoms with Crippen LogP contribution in [0.25, 0.3) is 0 Å². The van der Waals surface area contributed by atoms with Gasteiger partial charge in [0.25, 0.3) is 0 Å². The van der Waals surface area contributed by atoms with Crippen molar-refractivity contribution in [2.24, 2.45) is 0 Å². The Morgan fingerprint density at radius 3 is 2.33 bits per heavy atom. The Kier molecular flexibility index (Phi) is 8.54. The molecule has 2 aliphatic rings. The summed E-state index contributed by atoms with van der Waals surface area (Å²) in [7, 11) is -3.38. The molecule has 1 amide bonds. The zero-order chi connectivity index (χ0) is 18.4. The van der Waals surface area contributed by atoms with Gasteiger partial charge in [0.1, 0.15) is 0 Å². The maximum absolute atomic E-state index is 12.6. The number of piperidine rings is 2. The first-order valence-corrected chi connectivity index (χ1v) is 11.1. The fourth-order valence-electron chi connectivity index (χ4n) is 3.61. The number of hydrogen-bond acceptors (Lipinski definition) is 4. The van der Waals surface area contributed by atoms with E-state index in [4.69, 9.17) is 0 Å². The van der Waals surface area contributed by atoms with E-state index in [9.17, 15) is 13.2 Å². The van der Waals surface area contributed by atoms with Crippen LogP contribution >= 0.6 is 12.4 Å². The Labute approximate surface area is 168 Å². The van der Waals surface area contributed by atoms with Crippen LogP contribution in [0.4, 0.5) is 0 Å². The lowest BCUT2D eigenvalue weighted by Crippen LogP contribution is -2.42. The third-order valence-corrected chi connectivity index (χ3v) is 7.13. The number of aryl methyl sites for hydroxylation is 1. The average molecular weight is 416 g/mol. The third kappa shape index (κ3) is 6.17. The summed E-state index contributed by atoms with van der Waals surface area (Å²) in [5.41, 5.74) is 0.989. The number of hydrogen-bond donors (Lipinski definition) is 2. The minimum atomic E-state index is -3.38. The summed E-state index contributed by atoms with van der Waals surface area (Å²) in [5.74, 6) is 0.0712. The number of nitrogens with zero attached hydrogens (tertiary/aromatic N) is 1.